The third kappa shape index (κ3) is 3.43. The molecule has 0 aliphatic rings. The van der Waals surface area contributed by atoms with Crippen molar-refractivity contribution in [2.45, 2.75) is 13.8 Å². The van der Waals surface area contributed by atoms with Gasteiger partial charge in [-0.3, -0.25) is 0 Å². The number of nitriles is 1. The minimum atomic E-state index is -0.679. The van der Waals surface area contributed by atoms with Gasteiger partial charge >= 0.3 is 11.9 Å². The van der Waals surface area contributed by atoms with E-state index in [0.29, 0.717) is 22.8 Å². The van der Waals surface area contributed by atoms with Gasteiger partial charge in [0.2, 0.25) is 0 Å². The van der Waals surface area contributed by atoms with Crippen LogP contribution in [0.25, 0.3) is 17.1 Å². The normalized spacial score (nSPS) is 10.4. The molecule has 0 bridgehead atoms. The summed E-state index contributed by atoms with van der Waals surface area (Å²) < 4.78 is 11.3. The quantitative estimate of drug-likeness (QED) is 0.636. The topological polar surface area (TPSA) is 136 Å². The molecule has 0 fully saturated rings. The second-order valence-electron chi connectivity index (χ2n) is 6.08. The Kier molecular flexibility index (Phi) is 5.36. The van der Waals surface area contributed by atoms with Crippen LogP contribution in [-0.4, -0.2) is 40.2 Å². The van der Waals surface area contributed by atoms with Gasteiger partial charge in [0.05, 0.1) is 30.7 Å². The van der Waals surface area contributed by atoms with Crippen LogP contribution < -0.4 is 5.73 Å². The number of ether oxygens (including phenoxy) is 2. The van der Waals surface area contributed by atoms with Crippen molar-refractivity contribution in [2.75, 3.05) is 19.5 Å². The number of nitrogens with two attached hydrogens (primary N) is 1. The first-order valence-electron chi connectivity index (χ1n) is 8.75. The van der Waals surface area contributed by atoms with Gasteiger partial charge in [-0.2, -0.15) is 5.26 Å². The van der Waals surface area contributed by atoms with Crippen LogP contribution >= 0.6 is 0 Å². The Morgan fingerprint density at radius 1 is 1.31 bits per heavy atom. The molecule has 3 N–H and O–H groups in total. The maximum absolute atomic E-state index is 12.3. The summed E-state index contributed by atoms with van der Waals surface area (Å²) in [6, 6.07) is 9.03. The summed E-state index contributed by atoms with van der Waals surface area (Å²) in [5.74, 6) is -0.804. The van der Waals surface area contributed by atoms with Gasteiger partial charge in [0.15, 0.2) is 11.4 Å². The van der Waals surface area contributed by atoms with E-state index in [2.05, 4.69) is 9.97 Å². The summed E-state index contributed by atoms with van der Waals surface area (Å²) >= 11 is 0. The summed E-state index contributed by atoms with van der Waals surface area (Å²) in [6.07, 6.45) is 1.46. The van der Waals surface area contributed by atoms with Crippen LogP contribution in [0.1, 0.15) is 39.2 Å². The maximum atomic E-state index is 12.3. The predicted octanol–water partition coefficient (Wildman–Crippen LogP) is 2.59. The van der Waals surface area contributed by atoms with Crippen LogP contribution in [0.3, 0.4) is 0 Å². The van der Waals surface area contributed by atoms with Crippen molar-refractivity contribution in [1.29, 1.82) is 5.26 Å². The Hall–Kier alpha value is -4.06. The lowest BCUT2D eigenvalue weighted by Gasteiger charge is -2.12. The number of methoxy groups -OCH3 is 1. The molecule has 9 heteroatoms. The zero-order valence-corrected chi connectivity index (χ0v) is 16.1. The number of imidazole rings is 1. The molecule has 2 heterocycles. The zero-order valence-electron chi connectivity index (χ0n) is 16.1. The minimum absolute atomic E-state index is 0.0250. The fraction of sp³-hybridized carbons (Fsp3) is 0.200. The van der Waals surface area contributed by atoms with E-state index in [1.807, 2.05) is 6.07 Å². The average molecular weight is 393 g/mol. The van der Waals surface area contributed by atoms with E-state index in [-0.39, 0.29) is 29.2 Å². The Labute approximate surface area is 166 Å². The standard InChI is InChI=1S/C20H19N5O4/c1-4-29-19(26)16-11(2)23-18(24-16)13-7-5-6-8-14(13)25-10-12(9-21)15(22)17(25)20(27)28-3/h5-8,10H,4,22H2,1-3H3,(H,23,24). The summed E-state index contributed by atoms with van der Waals surface area (Å²) in [4.78, 5) is 31.9. The number of para-hydroxylation sites is 1. The van der Waals surface area contributed by atoms with Crippen molar-refractivity contribution in [3.63, 3.8) is 0 Å². The second-order valence-corrected chi connectivity index (χ2v) is 6.08. The zero-order chi connectivity index (χ0) is 21.1. The van der Waals surface area contributed by atoms with Crippen molar-refractivity contribution in [1.82, 2.24) is 14.5 Å². The fourth-order valence-electron chi connectivity index (χ4n) is 2.97. The Morgan fingerprint density at radius 2 is 2.03 bits per heavy atom. The molecule has 0 atom stereocenters. The van der Waals surface area contributed by atoms with Gasteiger partial charge in [0, 0.05) is 17.5 Å². The Bertz CT molecular complexity index is 1140. The van der Waals surface area contributed by atoms with Gasteiger partial charge in [-0.25, -0.2) is 14.6 Å². The molecule has 0 saturated carbocycles. The number of aryl methyl sites for hydroxylation is 1. The first-order chi connectivity index (χ1) is 13.9. The van der Waals surface area contributed by atoms with Crippen molar-refractivity contribution in [2.24, 2.45) is 0 Å². The number of nitrogens with zero attached hydrogens (tertiary/aromatic N) is 3. The van der Waals surface area contributed by atoms with Crippen molar-refractivity contribution in [3.05, 3.63) is 53.1 Å². The van der Waals surface area contributed by atoms with Crippen molar-refractivity contribution < 1.29 is 19.1 Å². The largest absolute Gasteiger partial charge is 0.464 e. The Morgan fingerprint density at radius 3 is 2.69 bits per heavy atom. The first-order valence-corrected chi connectivity index (χ1v) is 8.75. The number of nitrogen functional groups attached to an aromatic ring is 1. The first kappa shape index (κ1) is 19.7. The molecule has 3 rings (SSSR count). The highest BCUT2D eigenvalue weighted by molar-refractivity contribution is 5.96. The molecule has 0 spiro atoms. The van der Waals surface area contributed by atoms with E-state index in [4.69, 9.17) is 15.2 Å². The van der Waals surface area contributed by atoms with E-state index < -0.39 is 11.9 Å². The number of aromatic nitrogens is 3. The lowest BCUT2D eigenvalue weighted by Crippen LogP contribution is -2.11. The Balaban J connectivity index is 2.20. The molecule has 29 heavy (non-hydrogen) atoms. The molecule has 0 aliphatic heterocycles. The number of anilines is 1. The van der Waals surface area contributed by atoms with Gasteiger partial charge in [-0.05, 0) is 26.0 Å². The highest BCUT2D eigenvalue weighted by atomic mass is 16.5. The molecule has 148 valence electrons. The molecular weight excluding hydrogens is 374 g/mol. The number of benzene rings is 1. The van der Waals surface area contributed by atoms with Crippen LogP contribution in [0.5, 0.6) is 0 Å². The van der Waals surface area contributed by atoms with E-state index in [0.717, 1.165) is 0 Å². The molecule has 9 nitrogen and oxygen atoms in total. The number of esters is 2. The number of H-pyrrole nitrogens is 1. The van der Waals surface area contributed by atoms with Crippen LogP contribution in [0.15, 0.2) is 30.5 Å². The third-order valence-electron chi connectivity index (χ3n) is 4.32. The lowest BCUT2D eigenvalue weighted by atomic mass is 10.1. The summed E-state index contributed by atoms with van der Waals surface area (Å²) in [7, 11) is 1.23. The van der Waals surface area contributed by atoms with Gasteiger partial charge in [0.25, 0.3) is 0 Å². The van der Waals surface area contributed by atoms with Crippen LogP contribution in [0.4, 0.5) is 5.69 Å². The van der Waals surface area contributed by atoms with Gasteiger partial charge in [-0.1, -0.05) is 12.1 Å². The summed E-state index contributed by atoms with van der Waals surface area (Å²) in [6.45, 7) is 3.67. The highest BCUT2D eigenvalue weighted by Crippen LogP contribution is 2.31. The summed E-state index contributed by atoms with van der Waals surface area (Å²) in [5.41, 5.74) is 8.04. The number of hydrogen-bond donors (Lipinski definition) is 2. The van der Waals surface area contributed by atoms with Crippen molar-refractivity contribution >= 4 is 17.6 Å². The highest BCUT2D eigenvalue weighted by Gasteiger charge is 2.24. The number of hydrogen-bond acceptors (Lipinski definition) is 7. The molecule has 0 aliphatic carbocycles. The predicted molar refractivity (Wildman–Crippen MR) is 105 cm³/mol. The molecule has 3 aromatic rings. The molecule has 2 aromatic heterocycles. The van der Waals surface area contributed by atoms with Gasteiger partial charge in [-0.15, -0.1) is 0 Å². The maximum Gasteiger partial charge on any atom is 0.358 e. The number of rotatable bonds is 5. The van der Waals surface area contributed by atoms with Gasteiger partial charge in [0.1, 0.15) is 11.9 Å². The molecular formula is C20H19N5O4. The molecule has 0 amide bonds. The average Bonchev–Trinajstić information content (AvgIpc) is 3.27. The van der Waals surface area contributed by atoms with E-state index >= 15 is 0 Å². The molecule has 0 saturated heterocycles. The smallest absolute Gasteiger partial charge is 0.358 e. The van der Waals surface area contributed by atoms with E-state index in [1.165, 1.54) is 17.9 Å². The minimum Gasteiger partial charge on any atom is -0.464 e. The number of aromatic amines is 1. The summed E-state index contributed by atoms with van der Waals surface area (Å²) in [5, 5.41) is 9.33. The number of nitrogens with one attached hydrogen (secondary N) is 1. The number of carbonyl (C=O) groups excluding carboxylic acids is 2. The fourth-order valence-corrected chi connectivity index (χ4v) is 2.97. The van der Waals surface area contributed by atoms with Crippen LogP contribution in [-0.2, 0) is 9.47 Å². The van der Waals surface area contributed by atoms with Crippen LogP contribution in [0.2, 0.25) is 0 Å². The van der Waals surface area contributed by atoms with Crippen molar-refractivity contribution in [3.8, 4) is 23.1 Å². The molecule has 0 radical (unpaired) electrons. The molecule has 1 aromatic carbocycles. The van der Waals surface area contributed by atoms with E-state index in [9.17, 15) is 14.9 Å². The monoisotopic (exact) mass is 393 g/mol. The third-order valence-corrected chi connectivity index (χ3v) is 4.32. The SMILES string of the molecule is CCOC(=O)c1nc(-c2ccccc2-n2cc(C#N)c(N)c2C(=O)OC)[nH]c1C. The van der Waals surface area contributed by atoms with E-state index in [1.54, 1.807) is 38.1 Å². The number of carbonyl (C=O) groups is 2. The van der Waals surface area contributed by atoms with Gasteiger partial charge < -0.3 is 24.8 Å². The van der Waals surface area contributed by atoms with Crippen LogP contribution in [0, 0.1) is 18.3 Å². The second kappa shape index (κ2) is 7.90. The lowest BCUT2D eigenvalue weighted by molar-refractivity contribution is 0.0518. The molecule has 0 unspecified atom stereocenters.